The minimum Gasteiger partial charge on any atom is -0.481 e. The van der Waals surface area contributed by atoms with E-state index in [1.54, 1.807) is 6.92 Å². The summed E-state index contributed by atoms with van der Waals surface area (Å²) in [7, 11) is 0. The number of rotatable bonds is 5. The number of hydrogen-bond donors (Lipinski definition) is 1. The van der Waals surface area contributed by atoms with Gasteiger partial charge in [-0.3, -0.25) is 4.79 Å². The number of hydrogen-bond acceptors (Lipinski definition) is 2. The van der Waals surface area contributed by atoms with Gasteiger partial charge in [-0.15, -0.1) is 0 Å². The number of amides is 1. The molecule has 0 spiro atoms. The summed E-state index contributed by atoms with van der Waals surface area (Å²) in [5, 5.41) is 3.01. The SMILES string of the molecule is Cc1cc(C)c(NC(=O)C(C)Oc2ccc(C(C)C)c(C)c2)c(C)c1. The summed E-state index contributed by atoms with van der Waals surface area (Å²) < 4.78 is 5.86. The second-order valence-electron chi connectivity index (χ2n) is 7.20. The summed E-state index contributed by atoms with van der Waals surface area (Å²) in [6.07, 6.45) is -0.565. The van der Waals surface area contributed by atoms with Gasteiger partial charge in [0, 0.05) is 5.69 Å². The van der Waals surface area contributed by atoms with Crippen LogP contribution in [0.5, 0.6) is 5.75 Å². The molecule has 0 radical (unpaired) electrons. The van der Waals surface area contributed by atoms with E-state index in [-0.39, 0.29) is 5.91 Å². The van der Waals surface area contributed by atoms with Crippen molar-refractivity contribution in [2.45, 2.75) is 60.5 Å². The molecular weight excluding hydrogens is 310 g/mol. The van der Waals surface area contributed by atoms with Crippen LogP contribution in [0.15, 0.2) is 30.3 Å². The topological polar surface area (TPSA) is 38.3 Å². The fourth-order valence-electron chi connectivity index (χ4n) is 3.23. The number of benzene rings is 2. The highest BCUT2D eigenvalue weighted by atomic mass is 16.5. The minimum atomic E-state index is -0.565. The third kappa shape index (κ3) is 4.62. The van der Waals surface area contributed by atoms with Crippen LogP contribution in [0.25, 0.3) is 0 Å². The van der Waals surface area contributed by atoms with Crippen molar-refractivity contribution in [1.82, 2.24) is 0 Å². The van der Waals surface area contributed by atoms with Gasteiger partial charge in [0.25, 0.3) is 5.91 Å². The molecule has 0 aliphatic rings. The Kier molecular flexibility index (Phi) is 5.89. The first-order valence-electron chi connectivity index (χ1n) is 8.85. The van der Waals surface area contributed by atoms with Crippen LogP contribution in [0.2, 0.25) is 0 Å². The van der Waals surface area contributed by atoms with Crippen LogP contribution in [0, 0.1) is 27.7 Å². The fraction of sp³-hybridized carbons (Fsp3) is 0.409. The summed E-state index contributed by atoms with van der Waals surface area (Å²) in [5.41, 5.74) is 6.68. The highest BCUT2D eigenvalue weighted by molar-refractivity contribution is 5.95. The monoisotopic (exact) mass is 339 g/mol. The van der Waals surface area contributed by atoms with Gasteiger partial charge in [-0.25, -0.2) is 0 Å². The van der Waals surface area contributed by atoms with Gasteiger partial charge in [-0.2, -0.15) is 0 Å². The molecule has 0 saturated heterocycles. The van der Waals surface area contributed by atoms with E-state index in [1.807, 2.05) is 26.0 Å². The van der Waals surface area contributed by atoms with Crippen molar-refractivity contribution in [1.29, 1.82) is 0 Å². The molecule has 1 unspecified atom stereocenters. The molecule has 1 atom stereocenters. The predicted molar refractivity (Wildman–Crippen MR) is 105 cm³/mol. The quantitative estimate of drug-likeness (QED) is 0.786. The van der Waals surface area contributed by atoms with E-state index in [0.717, 1.165) is 22.6 Å². The largest absolute Gasteiger partial charge is 0.481 e. The van der Waals surface area contributed by atoms with Crippen molar-refractivity contribution >= 4 is 11.6 Å². The zero-order valence-corrected chi connectivity index (χ0v) is 16.4. The average molecular weight is 339 g/mol. The first-order chi connectivity index (χ1) is 11.7. The first-order valence-corrected chi connectivity index (χ1v) is 8.85. The Balaban J connectivity index is 2.10. The Labute approximate surface area is 151 Å². The molecule has 2 aromatic rings. The van der Waals surface area contributed by atoms with Crippen molar-refractivity contribution in [3.05, 3.63) is 58.1 Å². The number of ether oxygens (including phenoxy) is 1. The van der Waals surface area contributed by atoms with Crippen molar-refractivity contribution < 1.29 is 9.53 Å². The Bertz CT molecular complexity index is 755. The van der Waals surface area contributed by atoms with Crippen LogP contribution in [-0.4, -0.2) is 12.0 Å². The van der Waals surface area contributed by atoms with Crippen molar-refractivity contribution in [3.8, 4) is 5.75 Å². The minimum absolute atomic E-state index is 0.138. The molecule has 0 saturated carbocycles. The van der Waals surface area contributed by atoms with Crippen LogP contribution in [-0.2, 0) is 4.79 Å². The lowest BCUT2D eigenvalue weighted by atomic mass is 9.98. The van der Waals surface area contributed by atoms with Gasteiger partial charge >= 0.3 is 0 Å². The van der Waals surface area contributed by atoms with Gasteiger partial charge in [0.05, 0.1) is 0 Å². The summed E-state index contributed by atoms with van der Waals surface area (Å²) >= 11 is 0. The van der Waals surface area contributed by atoms with Crippen LogP contribution in [0.4, 0.5) is 5.69 Å². The second kappa shape index (κ2) is 7.73. The zero-order chi connectivity index (χ0) is 18.7. The van der Waals surface area contributed by atoms with E-state index in [0.29, 0.717) is 5.92 Å². The van der Waals surface area contributed by atoms with E-state index in [1.165, 1.54) is 16.7 Å². The highest BCUT2D eigenvalue weighted by Crippen LogP contribution is 2.25. The standard InChI is InChI=1S/C22H29NO2/c1-13(2)20-9-8-19(12-15(20)4)25-18(7)22(24)23-21-16(5)10-14(3)11-17(21)6/h8-13,18H,1-7H3,(H,23,24). The number of aryl methyl sites for hydroxylation is 4. The van der Waals surface area contributed by atoms with Gasteiger partial charge in [-0.1, -0.05) is 37.6 Å². The van der Waals surface area contributed by atoms with E-state index in [9.17, 15) is 4.79 Å². The first kappa shape index (κ1) is 19.0. The van der Waals surface area contributed by atoms with Crippen LogP contribution in [0.1, 0.15) is 54.5 Å². The van der Waals surface area contributed by atoms with Crippen molar-refractivity contribution in [2.75, 3.05) is 5.32 Å². The van der Waals surface area contributed by atoms with E-state index >= 15 is 0 Å². The van der Waals surface area contributed by atoms with Gasteiger partial charge in [-0.05, 0) is 74.9 Å². The van der Waals surface area contributed by atoms with Crippen LogP contribution >= 0.6 is 0 Å². The molecule has 3 heteroatoms. The predicted octanol–water partition coefficient (Wildman–Crippen LogP) is 5.45. The van der Waals surface area contributed by atoms with Crippen molar-refractivity contribution in [3.63, 3.8) is 0 Å². The van der Waals surface area contributed by atoms with E-state index in [4.69, 9.17) is 4.74 Å². The maximum absolute atomic E-state index is 12.5. The van der Waals surface area contributed by atoms with Gasteiger partial charge in [0.15, 0.2) is 6.10 Å². The molecule has 2 aromatic carbocycles. The zero-order valence-electron chi connectivity index (χ0n) is 16.4. The average Bonchev–Trinajstić information content (AvgIpc) is 2.50. The maximum Gasteiger partial charge on any atom is 0.265 e. The summed E-state index contributed by atoms with van der Waals surface area (Å²) in [6.45, 7) is 14.3. The summed E-state index contributed by atoms with van der Waals surface area (Å²) in [4.78, 5) is 12.5. The maximum atomic E-state index is 12.5. The Morgan fingerprint density at radius 2 is 1.52 bits per heavy atom. The highest BCUT2D eigenvalue weighted by Gasteiger charge is 2.17. The Morgan fingerprint density at radius 1 is 0.920 bits per heavy atom. The molecule has 2 rings (SSSR count). The second-order valence-corrected chi connectivity index (χ2v) is 7.20. The molecule has 0 heterocycles. The fourth-order valence-corrected chi connectivity index (χ4v) is 3.23. The lowest BCUT2D eigenvalue weighted by molar-refractivity contribution is -0.122. The third-order valence-corrected chi connectivity index (χ3v) is 4.47. The lowest BCUT2D eigenvalue weighted by Crippen LogP contribution is -2.30. The molecule has 0 aliphatic heterocycles. The van der Waals surface area contributed by atoms with E-state index < -0.39 is 6.10 Å². The van der Waals surface area contributed by atoms with Gasteiger partial charge in [0.1, 0.15) is 5.75 Å². The van der Waals surface area contributed by atoms with Gasteiger partial charge in [0.2, 0.25) is 0 Å². The summed E-state index contributed by atoms with van der Waals surface area (Å²) in [5.74, 6) is 1.06. The molecular formula is C22H29NO2. The molecule has 1 N–H and O–H groups in total. The number of carbonyl (C=O) groups is 1. The Hall–Kier alpha value is -2.29. The molecule has 3 nitrogen and oxygen atoms in total. The van der Waals surface area contributed by atoms with Gasteiger partial charge < -0.3 is 10.1 Å². The van der Waals surface area contributed by atoms with Crippen LogP contribution < -0.4 is 10.1 Å². The Morgan fingerprint density at radius 3 is 2.04 bits per heavy atom. The molecule has 0 aromatic heterocycles. The molecule has 0 aliphatic carbocycles. The van der Waals surface area contributed by atoms with E-state index in [2.05, 4.69) is 51.2 Å². The number of carbonyl (C=O) groups excluding carboxylic acids is 1. The normalized spacial score (nSPS) is 12.2. The molecule has 134 valence electrons. The van der Waals surface area contributed by atoms with Crippen LogP contribution in [0.3, 0.4) is 0 Å². The molecule has 25 heavy (non-hydrogen) atoms. The molecule has 0 bridgehead atoms. The smallest absolute Gasteiger partial charge is 0.265 e. The van der Waals surface area contributed by atoms with Crippen molar-refractivity contribution in [2.24, 2.45) is 0 Å². The molecule has 1 amide bonds. The molecule has 0 fully saturated rings. The third-order valence-electron chi connectivity index (χ3n) is 4.47. The summed E-state index contributed by atoms with van der Waals surface area (Å²) in [6, 6.07) is 10.2. The lowest BCUT2D eigenvalue weighted by Gasteiger charge is -2.18. The number of anilines is 1. The number of nitrogens with one attached hydrogen (secondary N) is 1.